The van der Waals surface area contributed by atoms with Crippen LogP contribution in [0.5, 0.6) is 17.2 Å². The summed E-state index contributed by atoms with van der Waals surface area (Å²) in [4.78, 5) is 33.8. The maximum Gasteiger partial charge on any atom is 0.205 e. The van der Waals surface area contributed by atoms with E-state index in [4.69, 9.17) is 19.2 Å². The first kappa shape index (κ1) is 19.3. The number of H-pyrrole nitrogens is 1. The van der Waals surface area contributed by atoms with Gasteiger partial charge in [-0.15, -0.1) is 0 Å². The molecule has 6 rings (SSSR count). The van der Waals surface area contributed by atoms with Crippen LogP contribution in [0.2, 0.25) is 0 Å². The number of nitrogens with zero attached hydrogens (tertiary/aromatic N) is 1. The van der Waals surface area contributed by atoms with Crippen LogP contribution in [0.25, 0.3) is 10.9 Å². The average molecular weight is 432 g/mol. The number of benzene rings is 1. The number of hydrogen-bond donors (Lipinski definition) is 1. The van der Waals surface area contributed by atoms with Crippen LogP contribution in [0.1, 0.15) is 36.2 Å². The van der Waals surface area contributed by atoms with Crippen molar-refractivity contribution in [2.75, 3.05) is 21.3 Å². The Morgan fingerprint density at radius 2 is 1.94 bits per heavy atom. The largest absolute Gasteiger partial charge is 0.493 e. The van der Waals surface area contributed by atoms with E-state index >= 15 is 0 Å². The number of ketones is 2. The van der Waals surface area contributed by atoms with Gasteiger partial charge in [0.25, 0.3) is 0 Å². The Hall–Kier alpha value is -3.35. The van der Waals surface area contributed by atoms with Gasteiger partial charge in [0.15, 0.2) is 17.3 Å². The minimum atomic E-state index is -0.271. The molecular weight excluding hydrogens is 408 g/mol. The first-order valence-corrected chi connectivity index (χ1v) is 10.8. The van der Waals surface area contributed by atoms with Crippen LogP contribution in [-0.4, -0.2) is 43.6 Å². The molecule has 0 amide bonds. The van der Waals surface area contributed by atoms with Gasteiger partial charge < -0.3 is 19.2 Å². The maximum absolute atomic E-state index is 13.5. The van der Waals surface area contributed by atoms with Gasteiger partial charge in [-0.3, -0.25) is 14.6 Å². The lowest BCUT2D eigenvalue weighted by molar-refractivity contribution is -0.119. The van der Waals surface area contributed by atoms with E-state index in [1.165, 1.54) is 0 Å². The lowest BCUT2D eigenvalue weighted by Crippen LogP contribution is -2.30. The molecule has 7 nitrogen and oxygen atoms in total. The predicted molar refractivity (Wildman–Crippen MR) is 119 cm³/mol. The summed E-state index contributed by atoms with van der Waals surface area (Å²) in [5.74, 6) is 1.54. The van der Waals surface area contributed by atoms with Crippen molar-refractivity contribution < 1.29 is 23.8 Å². The number of carbonyl (C=O) groups excluding carboxylic acids is 2. The molecule has 1 fully saturated rings. The van der Waals surface area contributed by atoms with Gasteiger partial charge in [-0.05, 0) is 31.1 Å². The number of aromatic amines is 1. The molecule has 0 bridgehead atoms. The number of Topliss-reactive ketones (excluding diaryl/α,β-unsaturated/α-hetero) is 2. The van der Waals surface area contributed by atoms with E-state index in [0.717, 1.165) is 23.2 Å². The van der Waals surface area contributed by atoms with Gasteiger partial charge in [-0.1, -0.05) is 12.2 Å². The van der Waals surface area contributed by atoms with Crippen molar-refractivity contribution in [1.29, 1.82) is 0 Å². The normalized spacial score (nSPS) is 29.6. The standard InChI is InChI=1S/C25H24N2O5/c1-30-17-9-14-8-16(26-20(14)23(32-3)22(17)31-2)21(29)13-4-6-18-24(10-13)12-25(24)11-15(28)5-7-19(25)27-18/h4,6-9,13,26H,5,10-12H2,1-3H3. The number of nitrogens with one attached hydrogen (secondary N) is 1. The van der Waals surface area contributed by atoms with Crippen molar-refractivity contribution in [2.45, 2.75) is 25.7 Å². The number of aromatic nitrogens is 1. The van der Waals surface area contributed by atoms with Crippen LogP contribution < -0.4 is 14.2 Å². The number of rotatable bonds is 5. The van der Waals surface area contributed by atoms with Crippen molar-refractivity contribution in [3.05, 3.63) is 41.8 Å². The number of methoxy groups -OCH3 is 3. The second-order valence-electron chi connectivity index (χ2n) is 9.17. The zero-order chi connectivity index (χ0) is 22.3. The molecule has 1 aromatic heterocycles. The summed E-state index contributed by atoms with van der Waals surface area (Å²) in [6.45, 7) is 0. The summed E-state index contributed by atoms with van der Waals surface area (Å²) >= 11 is 0. The first-order chi connectivity index (χ1) is 15.5. The number of allylic oxidation sites excluding steroid dienone is 4. The molecule has 3 aliphatic carbocycles. The highest BCUT2D eigenvalue weighted by molar-refractivity contribution is 6.11. The zero-order valence-electron chi connectivity index (χ0n) is 18.3. The quantitative estimate of drug-likeness (QED) is 0.721. The minimum Gasteiger partial charge on any atom is -0.493 e. The maximum atomic E-state index is 13.5. The van der Waals surface area contributed by atoms with Crippen molar-refractivity contribution in [2.24, 2.45) is 21.7 Å². The smallest absolute Gasteiger partial charge is 0.205 e. The number of hydrogen-bond acceptors (Lipinski definition) is 6. The molecule has 2 spiro atoms. The molecular formula is C25H24N2O5. The highest BCUT2D eigenvalue weighted by Gasteiger charge is 2.75. The molecule has 3 unspecified atom stereocenters. The third-order valence-corrected chi connectivity index (χ3v) is 7.72. The summed E-state index contributed by atoms with van der Waals surface area (Å²) in [5, 5.41) is 0.815. The Morgan fingerprint density at radius 1 is 1.12 bits per heavy atom. The van der Waals surface area contributed by atoms with E-state index in [2.05, 4.69) is 4.98 Å². The Kier molecular flexibility index (Phi) is 3.83. The number of ether oxygens (including phenoxy) is 3. The first-order valence-electron chi connectivity index (χ1n) is 10.8. The van der Waals surface area contributed by atoms with E-state index < -0.39 is 0 Å². The summed E-state index contributed by atoms with van der Waals surface area (Å²) in [5.41, 5.74) is 2.96. The van der Waals surface area contributed by atoms with Crippen LogP contribution in [0.4, 0.5) is 0 Å². The molecule has 2 aromatic rings. The molecule has 1 N–H and O–H groups in total. The monoisotopic (exact) mass is 432 g/mol. The van der Waals surface area contributed by atoms with Gasteiger partial charge in [-0.2, -0.15) is 0 Å². The molecule has 3 atom stereocenters. The van der Waals surface area contributed by atoms with Gasteiger partial charge in [-0.25, -0.2) is 0 Å². The topological polar surface area (TPSA) is 90.0 Å². The van der Waals surface area contributed by atoms with Crippen LogP contribution in [0.15, 0.2) is 41.1 Å². The van der Waals surface area contributed by atoms with Crippen LogP contribution in [0.3, 0.4) is 0 Å². The van der Waals surface area contributed by atoms with Crippen LogP contribution in [-0.2, 0) is 4.79 Å². The number of aliphatic imine (C=N–C) groups is 1. The molecule has 4 aliphatic rings. The Bertz CT molecular complexity index is 1300. The van der Waals surface area contributed by atoms with Gasteiger partial charge >= 0.3 is 0 Å². The molecule has 2 heterocycles. The van der Waals surface area contributed by atoms with Crippen molar-refractivity contribution in [3.8, 4) is 17.2 Å². The molecule has 1 aromatic carbocycles. The van der Waals surface area contributed by atoms with Crippen LogP contribution >= 0.6 is 0 Å². The summed E-state index contributed by atoms with van der Waals surface area (Å²) < 4.78 is 16.5. The predicted octanol–water partition coefficient (Wildman–Crippen LogP) is 4.03. The van der Waals surface area contributed by atoms with Gasteiger partial charge in [0, 0.05) is 46.4 Å². The highest BCUT2D eigenvalue weighted by atomic mass is 16.5. The minimum absolute atomic E-state index is 0.0208. The number of fused-ring (bicyclic) bond motifs is 1. The SMILES string of the molecule is COc1cc2cc(C(=O)C3C=CC4=NC5=CCC(=O)CC56CC46C3)[nH]c2c(OC)c1OC. The van der Waals surface area contributed by atoms with Crippen molar-refractivity contribution >= 4 is 28.2 Å². The van der Waals surface area contributed by atoms with Crippen molar-refractivity contribution in [1.82, 2.24) is 4.98 Å². The van der Waals surface area contributed by atoms with Gasteiger partial charge in [0.1, 0.15) is 5.78 Å². The van der Waals surface area contributed by atoms with E-state index in [1.807, 2.05) is 30.4 Å². The Morgan fingerprint density at radius 3 is 2.69 bits per heavy atom. The summed E-state index contributed by atoms with van der Waals surface area (Å²) in [6, 6.07) is 3.67. The number of carbonyl (C=O) groups is 2. The van der Waals surface area contributed by atoms with E-state index in [0.29, 0.717) is 47.7 Å². The molecule has 164 valence electrons. The third kappa shape index (κ3) is 2.28. The molecule has 1 aliphatic heterocycles. The second-order valence-corrected chi connectivity index (χ2v) is 9.17. The Balaban J connectivity index is 1.36. The molecule has 0 saturated heterocycles. The van der Waals surface area contributed by atoms with Crippen LogP contribution in [0, 0.1) is 16.7 Å². The summed E-state index contributed by atoms with van der Waals surface area (Å²) in [6.07, 6.45) is 8.57. The fourth-order valence-electron chi connectivity index (χ4n) is 6.15. The lowest BCUT2D eigenvalue weighted by Gasteiger charge is -2.27. The van der Waals surface area contributed by atoms with Gasteiger partial charge in [0.2, 0.25) is 5.75 Å². The average Bonchev–Trinajstić information content (AvgIpc) is 3.10. The highest BCUT2D eigenvalue weighted by Crippen LogP contribution is 2.78. The second kappa shape index (κ2) is 6.34. The van der Waals surface area contributed by atoms with E-state index in [9.17, 15) is 9.59 Å². The lowest BCUT2D eigenvalue weighted by atomic mass is 9.73. The fraction of sp³-hybridized carbons (Fsp3) is 0.400. The molecule has 0 radical (unpaired) electrons. The van der Waals surface area contributed by atoms with Crippen molar-refractivity contribution in [3.63, 3.8) is 0 Å². The fourth-order valence-corrected chi connectivity index (χ4v) is 6.15. The third-order valence-electron chi connectivity index (χ3n) is 7.72. The summed E-state index contributed by atoms with van der Waals surface area (Å²) in [7, 11) is 4.68. The van der Waals surface area contributed by atoms with E-state index in [1.54, 1.807) is 21.3 Å². The molecule has 32 heavy (non-hydrogen) atoms. The molecule has 1 saturated carbocycles. The Labute approximate surface area is 185 Å². The van der Waals surface area contributed by atoms with E-state index in [-0.39, 0.29) is 28.3 Å². The molecule has 7 heteroatoms. The van der Waals surface area contributed by atoms with Gasteiger partial charge in [0.05, 0.1) is 32.5 Å². The zero-order valence-corrected chi connectivity index (χ0v) is 18.3.